The van der Waals surface area contributed by atoms with Crippen molar-refractivity contribution >= 4 is 0 Å². The van der Waals surface area contributed by atoms with Crippen molar-refractivity contribution in [3.63, 3.8) is 0 Å². The summed E-state index contributed by atoms with van der Waals surface area (Å²) >= 11 is 0. The van der Waals surface area contributed by atoms with Crippen molar-refractivity contribution in [1.29, 1.82) is 0 Å². The Bertz CT molecular complexity index is 346. The summed E-state index contributed by atoms with van der Waals surface area (Å²) in [7, 11) is 4.00. The highest BCUT2D eigenvalue weighted by Gasteiger charge is 1.95. The summed E-state index contributed by atoms with van der Waals surface area (Å²) in [6.07, 6.45) is 9.64. The summed E-state index contributed by atoms with van der Waals surface area (Å²) in [5, 5.41) is 0. The molecule has 0 atom stereocenters. The summed E-state index contributed by atoms with van der Waals surface area (Å²) < 4.78 is 5.49. The van der Waals surface area contributed by atoms with Crippen LogP contribution in [-0.4, -0.2) is 25.6 Å². The van der Waals surface area contributed by atoms with Gasteiger partial charge in [0, 0.05) is 19.8 Å². The summed E-state index contributed by atoms with van der Waals surface area (Å²) in [6, 6.07) is 0. The van der Waals surface area contributed by atoms with Crippen LogP contribution in [0.1, 0.15) is 13.8 Å². The first-order valence-electron chi connectivity index (χ1n) is 5.66. The van der Waals surface area contributed by atoms with Crippen LogP contribution < -0.4 is 0 Å². The summed E-state index contributed by atoms with van der Waals surface area (Å²) in [5.74, 6) is 0.646. The fraction of sp³-hybridized carbons (Fsp3) is 0.333. The van der Waals surface area contributed by atoms with Crippen LogP contribution in [0, 0.1) is 0 Å². The number of ether oxygens (including phenoxy) is 1. The van der Waals surface area contributed by atoms with Crippen molar-refractivity contribution in [3.05, 3.63) is 60.6 Å². The minimum atomic E-state index is 0.510. The molecule has 0 radical (unpaired) electrons. The first-order valence-corrected chi connectivity index (χ1v) is 5.66. The Morgan fingerprint density at radius 3 is 2.24 bits per heavy atom. The van der Waals surface area contributed by atoms with Gasteiger partial charge in [-0.2, -0.15) is 0 Å². The fourth-order valence-corrected chi connectivity index (χ4v) is 1.17. The van der Waals surface area contributed by atoms with Gasteiger partial charge in [0.1, 0.15) is 12.4 Å². The van der Waals surface area contributed by atoms with Crippen molar-refractivity contribution in [3.8, 4) is 0 Å². The standard InChI is InChI=1S/C15H23NO/c1-7-14(8-2)12-17-13(4)10-11-15(9-3)16(5)6/h7-11H,1,4,12H2,2-3,5-6H3. The Balaban J connectivity index is 4.28. The molecule has 0 rings (SSSR count). The van der Waals surface area contributed by atoms with Crippen molar-refractivity contribution in [2.24, 2.45) is 0 Å². The average Bonchev–Trinajstić information content (AvgIpc) is 2.30. The molecular formula is C15H23NO. The minimum absolute atomic E-state index is 0.510. The molecule has 0 aliphatic rings. The highest BCUT2D eigenvalue weighted by molar-refractivity contribution is 5.23. The van der Waals surface area contributed by atoms with Gasteiger partial charge < -0.3 is 9.64 Å². The Morgan fingerprint density at radius 1 is 1.18 bits per heavy atom. The van der Waals surface area contributed by atoms with E-state index in [0.29, 0.717) is 12.4 Å². The van der Waals surface area contributed by atoms with Gasteiger partial charge in [0.15, 0.2) is 0 Å². The summed E-state index contributed by atoms with van der Waals surface area (Å²) in [6.45, 7) is 12.0. The van der Waals surface area contributed by atoms with E-state index in [1.165, 1.54) is 0 Å². The summed E-state index contributed by atoms with van der Waals surface area (Å²) in [5.41, 5.74) is 2.17. The minimum Gasteiger partial charge on any atom is -0.490 e. The lowest BCUT2D eigenvalue weighted by Crippen LogP contribution is -2.08. The SMILES string of the molecule is C=CC(=CC)COC(=C)C=CC(=CC)N(C)C. The zero-order valence-electron chi connectivity index (χ0n) is 11.4. The third-order valence-corrected chi connectivity index (χ3v) is 2.31. The Morgan fingerprint density at radius 2 is 1.82 bits per heavy atom. The molecule has 0 aromatic rings. The first kappa shape index (κ1) is 15.3. The van der Waals surface area contributed by atoms with Crippen molar-refractivity contribution in [1.82, 2.24) is 4.90 Å². The van der Waals surface area contributed by atoms with Crippen molar-refractivity contribution in [2.45, 2.75) is 13.8 Å². The third-order valence-electron chi connectivity index (χ3n) is 2.31. The molecule has 0 spiro atoms. The van der Waals surface area contributed by atoms with E-state index >= 15 is 0 Å². The second kappa shape index (κ2) is 8.45. The van der Waals surface area contributed by atoms with Gasteiger partial charge in [0.05, 0.1) is 0 Å². The number of allylic oxidation sites excluding steroid dienone is 4. The van der Waals surface area contributed by atoms with Crippen LogP contribution in [0.15, 0.2) is 60.6 Å². The zero-order valence-corrected chi connectivity index (χ0v) is 11.4. The largest absolute Gasteiger partial charge is 0.490 e. The van der Waals surface area contributed by atoms with Gasteiger partial charge >= 0.3 is 0 Å². The molecule has 0 N–H and O–H groups in total. The molecule has 0 aromatic carbocycles. The molecule has 0 aromatic heterocycles. The molecular weight excluding hydrogens is 210 g/mol. The normalized spacial score (nSPS) is 12.7. The van der Waals surface area contributed by atoms with E-state index in [2.05, 4.69) is 13.2 Å². The van der Waals surface area contributed by atoms with Crippen LogP contribution in [0.4, 0.5) is 0 Å². The number of rotatable bonds is 7. The molecule has 0 aliphatic carbocycles. The second-order valence-corrected chi connectivity index (χ2v) is 3.76. The Kier molecular flexibility index (Phi) is 7.61. The zero-order chi connectivity index (χ0) is 13.3. The Hall–Kier alpha value is -1.70. The van der Waals surface area contributed by atoms with Crippen LogP contribution in [0.2, 0.25) is 0 Å². The molecule has 0 heterocycles. The van der Waals surface area contributed by atoms with Gasteiger partial charge in [-0.25, -0.2) is 0 Å². The highest BCUT2D eigenvalue weighted by Crippen LogP contribution is 2.06. The molecule has 0 saturated carbocycles. The lowest BCUT2D eigenvalue weighted by atomic mass is 10.3. The van der Waals surface area contributed by atoms with E-state index in [4.69, 9.17) is 4.74 Å². The molecule has 0 fully saturated rings. The van der Waals surface area contributed by atoms with Gasteiger partial charge in [-0.1, -0.05) is 31.4 Å². The van der Waals surface area contributed by atoms with Crippen molar-refractivity contribution in [2.75, 3.05) is 20.7 Å². The third kappa shape index (κ3) is 6.46. The second-order valence-electron chi connectivity index (χ2n) is 3.76. The predicted octanol–water partition coefficient (Wildman–Crippen LogP) is 3.67. The van der Waals surface area contributed by atoms with Gasteiger partial charge in [0.25, 0.3) is 0 Å². The van der Waals surface area contributed by atoms with Crippen LogP contribution in [0.25, 0.3) is 0 Å². The van der Waals surface area contributed by atoms with Gasteiger partial charge in [-0.05, 0) is 31.6 Å². The smallest absolute Gasteiger partial charge is 0.113 e. The van der Waals surface area contributed by atoms with E-state index in [9.17, 15) is 0 Å². The lowest BCUT2D eigenvalue weighted by Gasteiger charge is -2.13. The fourth-order valence-electron chi connectivity index (χ4n) is 1.17. The van der Waals surface area contributed by atoms with Gasteiger partial charge in [-0.15, -0.1) is 0 Å². The number of hydrogen-bond donors (Lipinski definition) is 0. The maximum absolute atomic E-state index is 5.49. The predicted molar refractivity (Wildman–Crippen MR) is 75.6 cm³/mol. The van der Waals surface area contributed by atoms with E-state index in [1.807, 2.05) is 57.1 Å². The van der Waals surface area contributed by atoms with Gasteiger partial charge in [0.2, 0.25) is 0 Å². The first-order chi connectivity index (χ1) is 8.04. The molecule has 2 nitrogen and oxygen atoms in total. The van der Waals surface area contributed by atoms with Gasteiger partial charge in [-0.3, -0.25) is 0 Å². The topological polar surface area (TPSA) is 12.5 Å². The lowest BCUT2D eigenvalue weighted by molar-refractivity contribution is 0.257. The molecule has 0 amide bonds. The molecule has 0 aliphatic heterocycles. The maximum Gasteiger partial charge on any atom is 0.113 e. The number of hydrogen-bond acceptors (Lipinski definition) is 2. The molecule has 0 unspecified atom stereocenters. The molecule has 2 heteroatoms. The van der Waals surface area contributed by atoms with E-state index < -0.39 is 0 Å². The van der Waals surface area contributed by atoms with Crippen LogP contribution >= 0.6 is 0 Å². The Labute approximate surface area is 105 Å². The summed E-state index contributed by atoms with van der Waals surface area (Å²) in [4.78, 5) is 2.03. The quantitative estimate of drug-likeness (QED) is 0.491. The van der Waals surface area contributed by atoms with E-state index in [-0.39, 0.29) is 0 Å². The van der Waals surface area contributed by atoms with E-state index in [0.717, 1.165) is 11.3 Å². The molecule has 94 valence electrons. The number of nitrogens with zero attached hydrogens (tertiary/aromatic N) is 1. The van der Waals surface area contributed by atoms with Crippen LogP contribution in [0.3, 0.4) is 0 Å². The highest BCUT2D eigenvalue weighted by atomic mass is 16.5. The average molecular weight is 233 g/mol. The maximum atomic E-state index is 5.49. The molecule has 17 heavy (non-hydrogen) atoms. The van der Waals surface area contributed by atoms with E-state index in [1.54, 1.807) is 6.08 Å². The van der Waals surface area contributed by atoms with Crippen LogP contribution in [-0.2, 0) is 4.74 Å². The van der Waals surface area contributed by atoms with Crippen molar-refractivity contribution < 1.29 is 4.74 Å². The van der Waals surface area contributed by atoms with Crippen LogP contribution in [0.5, 0.6) is 0 Å². The molecule has 0 bridgehead atoms. The molecule has 0 saturated heterocycles. The monoisotopic (exact) mass is 233 g/mol. The number of likely N-dealkylation sites (N-methyl/N-ethyl adjacent to an activating group) is 1.